The van der Waals surface area contributed by atoms with Gasteiger partial charge in [-0.3, -0.25) is 0 Å². The van der Waals surface area contributed by atoms with Crippen molar-refractivity contribution in [2.45, 2.75) is 57.6 Å². The molecule has 1 aromatic rings. The molecular weight excluding hydrogens is 304 g/mol. The van der Waals surface area contributed by atoms with E-state index in [0.29, 0.717) is 25.7 Å². The van der Waals surface area contributed by atoms with E-state index in [0.717, 1.165) is 24.3 Å². The highest BCUT2D eigenvalue weighted by Gasteiger charge is 2.25. The fourth-order valence-electron chi connectivity index (χ4n) is 3.44. The molecule has 1 N–H and O–H groups in total. The zero-order chi connectivity index (χ0) is 16.8. The van der Waals surface area contributed by atoms with Crippen LogP contribution in [0.25, 0.3) is 0 Å². The molecule has 1 fully saturated rings. The predicted octanol–water partition coefficient (Wildman–Crippen LogP) is 3.58. The molecule has 1 unspecified atom stereocenters. The molecule has 1 saturated carbocycles. The van der Waals surface area contributed by atoms with Crippen LogP contribution >= 0.6 is 0 Å². The third-order valence-corrected chi connectivity index (χ3v) is 4.84. The van der Waals surface area contributed by atoms with E-state index in [1.807, 2.05) is 36.1 Å². The van der Waals surface area contributed by atoms with Gasteiger partial charge in [-0.1, -0.05) is 37.8 Å². The lowest BCUT2D eigenvalue weighted by molar-refractivity contribution is 0.0670. The first-order valence-corrected chi connectivity index (χ1v) is 9.20. The number of nitrogens with one attached hydrogen (secondary N) is 1. The van der Waals surface area contributed by atoms with Gasteiger partial charge in [-0.25, -0.2) is 4.79 Å². The number of para-hydroxylation sites is 2. The Kier molecular flexibility index (Phi) is 5.83. The highest BCUT2D eigenvalue weighted by Crippen LogP contribution is 2.31. The molecule has 0 saturated heterocycles. The third-order valence-electron chi connectivity index (χ3n) is 4.84. The van der Waals surface area contributed by atoms with Gasteiger partial charge in [-0.05, 0) is 31.9 Å². The predicted molar refractivity (Wildman–Crippen MR) is 93.6 cm³/mol. The van der Waals surface area contributed by atoms with E-state index in [1.165, 1.54) is 25.7 Å². The standard InChI is InChI=1S/C19H28N2O3/c1-2-21(19(22)20-15-9-5-3-4-6-10-15)13-16-14-23-17-11-7-8-12-18(17)24-16/h7-8,11-12,15-16H,2-6,9-10,13-14H2,1H3,(H,20,22). The van der Waals surface area contributed by atoms with Gasteiger partial charge in [-0.2, -0.15) is 0 Å². The second-order valence-corrected chi connectivity index (χ2v) is 6.67. The number of hydrogen-bond acceptors (Lipinski definition) is 3. The summed E-state index contributed by atoms with van der Waals surface area (Å²) in [5.41, 5.74) is 0. The largest absolute Gasteiger partial charge is 0.486 e. The van der Waals surface area contributed by atoms with Crippen LogP contribution in [0.15, 0.2) is 24.3 Å². The van der Waals surface area contributed by atoms with E-state index in [9.17, 15) is 4.79 Å². The van der Waals surface area contributed by atoms with E-state index in [2.05, 4.69) is 5.32 Å². The molecule has 0 radical (unpaired) electrons. The summed E-state index contributed by atoms with van der Waals surface area (Å²) in [5, 5.41) is 3.21. The van der Waals surface area contributed by atoms with Crippen molar-refractivity contribution in [1.82, 2.24) is 10.2 Å². The number of carbonyl (C=O) groups is 1. The Hall–Kier alpha value is -1.91. The summed E-state index contributed by atoms with van der Waals surface area (Å²) in [6.07, 6.45) is 7.08. The molecule has 5 nitrogen and oxygen atoms in total. The van der Waals surface area contributed by atoms with Crippen molar-refractivity contribution in [3.63, 3.8) is 0 Å². The van der Waals surface area contributed by atoms with Gasteiger partial charge in [0, 0.05) is 12.6 Å². The summed E-state index contributed by atoms with van der Waals surface area (Å²) in [4.78, 5) is 14.4. The minimum absolute atomic E-state index is 0.0202. The molecule has 24 heavy (non-hydrogen) atoms. The SMILES string of the molecule is CCN(CC1COc2ccccc2O1)C(=O)NC1CCCCCC1. The topological polar surface area (TPSA) is 50.8 Å². The summed E-state index contributed by atoms with van der Waals surface area (Å²) in [5.74, 6) is 1.54. The fraction of sp³-hybridized carbons (Fsp3) is 0.632. The van der Waals surface area contributed by atoms with Crippen molar-refractivity contribution >= 4 is 6.03 Å². The maximum absolute atomic E-state index is 12.6. The molecule has 1 heterocycles. The first-order chi connectivity index (χ1) is 11.8. The van der Waals surface area contributed by atoms with Crippen LogP contribution in [-0.4, -0.2) is 42.8 Å². The molecule has 1 aliphatic heterocycles. The molecule has 1 aliphatic carbocycles. The minimum Gasteiger partial charge on any atom is -0.486 e. The summed E-state index contributed by atoms with van der Waals surface area (Å²) >= 11 is 0. The number of likely N-dealkylation sites (N-methyl/N-ethyl adjacent to an activating group) is 1. The van der Waals surface area contributed by atoms with Gasteiger partial charge in [0.1, 0.15) is 6.61 Å². The number of carbonyl (C=O) groups excluding carboxylic acids is 1. The number of ether oxygens (including phenoxy) is 2. The molecule has 0 aromatic heterocycles. The van der Waals surface area contributed by atoms with Crippen LogP contribution in [0.4, 0.5) is 4.79 Å². The lowest BCUT2D eigenvalue weighted by atomic mass is 10.1. The minimum atomic E-state index is -0.125. The van der Waals surface area contributed by atoms with Crippen molar-refractivity contribution in [2.75, 3.05) is 19.7 Å². The zero-order valence-corrected chi connectivity index (χ0v) is 14.5. The monoisotopic (exact) mass is 332 g/mol. The molecule has 0 spiro atoms. The van der Waals surface area contributed by atoms with Crippen molar-refractivity contribution in [2.24, 2.45) is 0 Å². The Labute approximate surface area is 144 Å². The molecule has 2 amide bonds. The zero-order valence-electron chi connectivity index (χ0n) is 14.5. The summed E-state index contributed by atoms with van der Waals surface area (Å²) in [6, 6.07) is 8.01. The molecule has 1 atom stereocenters. The average molecular weight is 332 g/mol. The van der Waals surface area contributed by atoms with E-state index < -0.39 is 0 Å². The summed E-state index contributed by atoms with van der Waals surface area (Å²) in [7, 11) is 0. The van der Waals surface area contributed by atoms with E-state index >= 15 is 0 Å². The van der Waals surface area contributed by atoms with Crippen LogP contribution in [0, 0.1) is 0 Å². The van der Waals surface area contributed by atoms with Crippen LogP contribution in [0.3, 0.4) is 0 Å². The number of benzene rings is 1. The number of fused-ring (bicyclic) bond motifs is 1. The average Bonchev–Trinajstić information content (AvgIpc) is 2.88. The third kappa shape index (κ3) is 4.34. The van der Waals surface area contributed by atoms with E-state index in [-0.39, 0.29) is 12.1 Å². The Morgan fingerprint density at radius 1 is 1.17 bits per heavy atom. The van der Waals surface area contributed by atoms with Crippen LogP contribution in [0.2, 0.25) is 0 Å². The fourth-order valence-corrected chi connectivity index (χ4v) is 3.44. The first kappa shape index (κ1) is 16.9. The van der Waals surface area contributed by atoms with Gasteiger partial charge >= 0.3 is 6.03 Å². The second-order valence-electron chi connectivity index (χ2n) is 6.67. The highest BCUT2D eigenvalue weighted by molar-refractivity contribution is 5.74. The molecule has 2 aliphatic rings. The molecule has 1 aromatic carbocycles. The lowest BCUT2D eigenvalue weighted by Crippen LogP contribution is -2.49. The summed E-state index contributed by atoms with van der Waals surface area (Å²) in [6.45, 7) is 3.69. The highest BCUT2D eigenvalue weighted by atomic mass is 16.6. The molecular formula is C19H28N2O3. The number of rotatable bonds is 4. The van der Waals surface area contributed by atoms with Gasteiger partial charge < -0.3 is 19.7 Å². The number of nitrogens with zero attached hydrogens (tertiary/aromatic N) is 1. The number of hydrogen-bond donors (Lipinski definition) is 1. The Morgan fingerprint density at radius 2 is 1.88 bits per heavy atom. The Morgan fingerprint density at radius 3 is 2.58 bits per heavy atom. The van der Waals surface area contributed by atoms with Crippen molar-refractivity contribution in [3.05, 3.63) is 24.3 Å². The van der Waals surface area contributed by atoms with Crippen LogP contribution in [-0.2, 0) is 0 Å². The number of amides is 2. The maximum Gasteiger partial charge on any atom is 0.317 e. The van der Waals surface area contributed by atoms with E-state index in [4.69, 9.17) is 9.47 Å². The normalized spacial score (nSPS) is 21.0. The van der Waals surface area contributed by atoms with Crippen molar-refractivity contribution < 1.29 is 14.3 Å². The Bertz CT molecular complexity index is 541. The number of urea groups is 1. The maximum atomic E-state index is 12.6. The van der Waals surface area contributed by atoms with Gasteiger partial charge in [-0.15, -0.1) is 0 Å². The van der Waals surface area contributed by atoms with Gasteiger partial charge in [0.25, 0.3) is 0 Å². The van der Waals surface area contributed by atoms with Crippen LogP contribution in [0.1, 0.15) is 45.4 Å². The van der Waals surface area contributed by atoms with Crippen LogP contribution < -0.4 is 14.8 Å². The second kappa shape index (κ2) is 8.27. The Balaban J connectivity index is 1.53. The van der Waals surface area contributed by atoms with Crippen LogP contribution in [0.5, 0.6) is 11.5 Å². The van der Waals surface area contributed by atoms with Crippen molar-refractivity contribution in [1.29, 1.82) is 0 Å². The smallest absolute Gasteiger partial charge is 0.317 e. The lowest BCUT2D eigenvalue weighted by Gasteiger charge is -2.31. The molecule has 0 bridgehead atoms. The van der Waals surface area contributed by atoms with E-state index in [1.54, 1.807) is 0 Å². The quantitative estimate of drug-likeness (QED) is 0.858. The van der Waals surface area contributed by atoms with Gasteiger partial charge in [0.15, 0.2) is 17.6 Å². The first-order valence-electron chi connectivity index (χ1n) is 9.20. The summed E-state index contributed by atoms with van der Waals surface area (Å²) < 4.78 is 11.7. The molecule has 5 heteroatoms. The van der Waals surface area contributed by atoms with Crippen molar-refractivity contribution in [3.8, 4) is 11.5 Å². The molecule has 132 valence electrons. The van der Waals surface area contributed by atoms with Gasteiger partial charge in [0.05, 0.1) is 6.54 Å². The van der Waals surface area contributed by atoms with Gasteiger partial charge in [0.2, 0.25) is 0 Å². The molecule has 3 rings (SSSR count).